The van der Waals surface area contributed by atoms with Crippen molar-refractivity contribution in [2.45, 2.75) is 39.3 Å². The number of para-hydroxylation sites is 1. The fraction of sp³-hybridized carbons (Fsp3) is 0.375. The van der Waals surface area contributed by atoms with Crippen LogP contribution in [-0.2, 0) is 14.3 Å². The fourth-order valence-electron chi connectivity index (χ4n) is 1.60. The Morgan fingerprint density at radius 1 is 1.30 bits per heavy atom. The smallest absolute Gasteiger partial charge is 0.328 e. The third-order valence-electron chi connectivity index (χ3n) is 2.45. The Kier molecular flexibility index (Phi) is 5.50. The Labute approximate surface area is 119 Å². The second-order valence-electron chi connectivity index (χ2n) is 5.48. The normalized spacial score (nSPS) is 13.0. The lowest BCUT2D eigenvalue weighted by Gasteiger charge is -2.23. The standard InChI is InChI=1S/C16H21NO3/c1-12(15(19)20-16(2,3)4)17-14-10-6-5-8-13(14)9-7-11-18/h5-12,17H,1-4H3/b9-7+. The minimum atomic E-state index is -0.510. The average Bonchev–Trinajstić information content (AvgIpc) is 2.35. The maximum Gasteiger partial charge on any atom is 0.328 e. The molecular weight excluding hydrogens is 254 g/mol. The molecule has 0 aliphatic carbocycles. The summed E-state index contributed by atoms with van der Waals surface area (Å²) in [5.74, 6) is -0.313. The van der Waals surface area contributed by atoms with E-state index in [2.05, 4.69) is 5.32 Å². The van der Waals surface area contributed by atoms with E-state index in [-0.39, 0.29) is 5.97 Å². The van der Waals surface area contributed by atoms with E-state index in [1.807, 2.05) is 45.0 Å². The zero-order chi connectivity index (χ0) is 15.2. The number of carbonyl (C=O) groups excluding carboxylic acids is 2. The van der Waals surface area contributed by atoms with Crippen LogP contribution in [0.3, 0.4) is 0 Å². The molecule has 0 fully saturated rings. The Balaban J connectivity index is 2.80. The molecule has 1 atom stereocenters. The number of rotatable bonds is 5. The van der Waals surface area contributed by atoms with Crippen LogP contribution in [0.15, 0.2) is 30.3 Å². The van der Waals surface area contributed by atoms with Crippen LogP contribution in [-0.4, -0.2) is 23.9 Å². The highest BCUT2D eigenvalue weighted by atomic mass is 16.6. The first kappa shape index (κ1) is 16.0. The van der Waals surface area contributed by atoms with Gasteiger partial charge in [0.05, 0.1) is 0 Å². The van der Waals surface area contributed by atoms with Gasteiger partial charge in [0.2, 0.25) is 0 Å². The van der Waals surface area contributed by atoms with Gasteiger partial charge in [0.1, 0.15) is 17.9 Å². The zero-order valence-corrected chi connectivity index (χ0v) is 12.3. The average molecular weight is 275 g/mol. The highest BCUT2D eigenvalue weighted by molar-refractivity contribution is 5.82. The highest BCUT2D eigenvalue weighted by Gasteiger charge is 2.21. The molecule has 1 unspecified atom stereocenters. The van der Waals surface area contributed by atoms with E-state index in [0.717, 1.165) is 11.3 Å². The van der Waals surface area contributed by atoms with Crippen LogP contribution in [0.1, 0.15) is 33.3 Å². The van der Waals surface area contributed by atoms with Crippen molar-refractivity contribution in [3.63, 3.8) is 0 Å². The van der Waals surface area contributed by atoms with Crippen LogP contribution in [0.2, 0.25) is 0 Å². The van der Waals surface area contributed by atoms with Crippen molar-refractivity contribution in [1.82, 2.24) is 0 Å². The molecule has 0 aliphatic rings. The summed E-state index contributed by atoms with van der Waals surface area (Å²) in [4.78, 5) is 22.3. The minimum absolute atomic E-state index is 0.313. The predicted molar refractivity (Wildman–Crippen MR) is 80.5 cm³/mol. The topological polar surface area (TPSA) is 55.4 Å². The van der Waals surface area contributed by atoms with Crippen LogP contribution < -0.4 is 5.32 Å². The second-order valence-corrected chi connectivity index (χ2v) is 5.48. The molecule has 1 aromatic carbocycles. The number of hydrogen-bond donors (Lipinski definition) is 1. The molecule has 0 aromatic heterocycles. The van der Waals surface area contributed by atoms with Gasteiger partial charge in [-0.1, -0.05) is 18.2 Å². The van der Waals surface area contributed by atoms with Crippen molar-refractivity contribution >= 4 is 24.0 Å². The van der Waals surface area contributed by atoms with Crippen molar-refractivity contribution in [1.29, 1.82) is 0 Å². The number of benzene rings is 1. The number of aldehydes is 1. The fourth-order valence-corrected chi connectivity index (χ4v) is 1.60. The van der Waals surface area contributed by atoms with E-state index in [4.69, 9.17) is 4.74 Å². The molecule has 1 N–H and O–H groups in total. The van der Waals surface area contributed by atoms with Gasteiger partial charge >= 0.3 is 5.97 Å². The van der Waals surface area contributed by atoms with E-state index in [9.17, 15) is 9.59 Å². The molecule has 4 nitrogen and oxygen atoms in total. The number of ether oxygens (including phenoxy) is 1. The SMILES string of the molecule is CC(Nc1ccccc1/C=C/C=O)C(=O)OC(C)(C)C. The van der Waals surface area contributed by atoms with E-state index in [1.54, 1.807) is 13.0 Å². The summed E-state index contributed by atoms with van der Waals surface area (Å²) in [6, 6.07) is 6.98. The molecule has 0 amide bonds. The van der Waals surface area contributed by atoms with Crippen molar-refractivity contribution in [2.75, 3.05) is 5.32 Å². The van der Waals surface area contributed by atoms with Crippen molar-refractivity contribution in [3.05, 3.63) is 35.9 Å². The van der Waals surface area contributed by atoms with E-state index in [0.29, 0.717) is 6.29 Å². The molecule has 108 valence electrons. The quantitative estimate of drug-likeness (QED) is 0.510. The molecular formula is C16H21NO3. The number of nitrogens with one attached hydrogen (secondary N) is 1. The number of anilines is 1. The van der Waals surface area contributed by atoms with E-state index < -0.39 is 11.6 Å². The molecule has 20 heavy (non-hydrogen) atoms. The van der Waals surface area contributed by atoms with Gasteiger partial charge in [-0.3, -0.25) is 4.79 Å². The minimum Gasteiger partial charge on any atom is -0.458 e. The van der Waals surface area contributed by atoms with Gasteiger partial charge in [-0.15, -0.1) is 0 Å². The maximum atomic E-state index is 11.9. The van der Waals surface area contributed by atoms with E-state index >= 15 is 0 Å². The molecule has 0 aliphatic heterocycles. The molecule has 1 rings (SSSR count). The third-order valence-corrected chi connectivity index (χ3v) is 2.45. The van der Waals surface area contributed by atoms with Gasteiger partial charge in [0.25, 0.3) is 0 Å². The predicted octanol–water partition coefficient (Wildman–Crippen LogP) is 3.04. The lowest BCUT2D eigenvalue weighted by atomic mass is 10.1. The summed E-state index contributed by atoms with van der Waals surface area (Å²) >= 11 is 0. The van der Waals surface area contributed by atoms with Crippen molar-refractivity contribution in [3.8, 4) is 0 Å². The monoisotopic (exact) mass is 275 g/mol. The molecule has 0 saturated heterocycles. The summed E-state index contributed by atoms with van der Waals surface area (Å²) in [7, 11) is 0. The Morgan fingerprint density at radius 3 is 2.55 bits per heavy atom. The van der Waals surface area contributed by atoms with Crippen molar-refractivity contribution < 1.29 is 14.3 Å². The zero-order valence-electron chi connectivity index (χ0n) is 12.3. The van der Waals surface area contributed by atoms with Crippen LogP contribution in [0.25, 0.3) is 6.08 Å². The number of carbonyl (C=O) groups is 2. The Morgan fingerprint density at radius 2 is 1.95 bits per heavy atom. The first-order valence-corrected chi connectivity index (χ1v) is 6.54. The molecule has 0 radical (unpaired) electrons. The molecule has 0 bridgehead atoms. The largest absolute Gasteiger partial charge is 0.458 e. The van der Waals surface area contributed by atoms with Crippen LogP contribution >= 0.6 is 0 Å². The summed E-state index contributed by atoms with van der Waals surface area (Å²) in [5.41, 5.74) is 1.11. The molecule has 0 spiro atoms. The highest BCUT2D eigenvalue weighted by Crippen LogP contribution is 2.18. The van der Waals surface area contributed by atoms with Crippen LogP contribution in [0.4, 0.5) is 5.69 Å². The van der Waals surface area contributed by atoms with Gasteiger partial charge in [0, 0.05) is 5.69 Å². The number of esters is 1. The van der Waals surface area contributed by atoms with Gasteiger partial charge in [-0.05, 0) is 51.5 Å². The summed E-state index contributed by atoms with van der Waals surface area (Å²) in [6.07, 6.45) is 3.82. The van der Waals surface area contributed by atoms with Gasteiger partial charge in [-0.25, -0.2) is 4.79 Å². The van der Waals surface area contributed by atoms with Crippen LogP contribution in [0, 0.1) is 0 Å². The first-order chi connectivity index (χ1) is 9.33. The number of allylic oxidation sites excluding steroid dienone is 1. The lowest BCUT2D eigenvalue weighted by molar-refractivity contribution is -0.155. The Bertz CT molecular complexity index is 501. The van der Waals surface area contributed by atoms with Crippen molar-refractivity contribution in [2.24, 2.45) is 0 Å². The van der Waals surface area contributed by atoms with E-state index in [1.165, 1.54) is 6.08 Å². The van der Waals surface area contributed by atoms with Gasteiger partial charge in [0.15, 0.2) is 0 Å². The summed E-state index contributed by atoms with van der Waals surface area (Å²) in [6.45, 7) is 7.24. The molecule has 0 heterocycles. The van der Waals surface area contributed by atoms with Gasteiger partial charge in [-0.2, -0.15) is 0 Å². The molecule has 0 saturated carbocycles. The maximum absolute atomic E-state index is 11.9. The second kappa shape index (κ2) is 6.89. The molecule has 4 heteroatoms. The molecule has 1 aromatic rings. The summed E-state index contributed by atoms with van der Waals surface area (Å²) < 4.78 is 5.32. The lowest BCUT2D eigenvalue weighted by Crippen LogP contribution is -2.34. The van der Waals surface area contributed by atoms with Gasteiger partial charge < -0.3 is 10.1 Å². The third kappa shape index (κ3) is 5.26. The first-order valence-electron chi connectivity index (χ1n) is 6.54. The number of hydrogen-bond acceptors (Lipinski definition) is 4. The Hall–Kier alpha value is -2.10. The van der Waals surface area contributed by atoms with Crippen LogP contribution in [0.5, 0.6) is 0 Å². The summed E-state index contributed by atoms with van der Waals surface area (Å²) in [5, 5.41) is 3.10.